The normalized spacial score (nSPS) is 21.9. The molecule has 0 N–H and O–H groups in total. The van der Waals surface area contributed by atoms with Gasteiger partial charge in [-0.2, -0.15) is 0 Å². The van der Waals surface area contributed by atoms with Crippen molar-refractivity contribution >= 4 is 29.1 Å². The second kappa shape index (κ2) is 9.33. The third-order valence-corrected chi connectivity index (χ3v) is 8.79. The number of fused-ring (bicyclic) bond motifs is 5. The van der Waals surface area contributed by atoms with Crippen molar-refractivity contribution in [3.05, 3.63) is 89.0 Å². The lowest BCUT2D eigenvalue weighted by molar-refractivity contribution is -0.127. The Morgan fingerprint density at radius 2 is 1.41 bits per heavy atom. The predicted octanol–water partition coefficient (Wildman–Crippen LogP) is 5.76. The van der Waals surface area contributed by atoms with E-state index in [-0.39, 0.29) is 17.3 Å². The molecular formula is C34H33NO6. The zero-order valence-corrected chi connectivity index (χ0v) is 24.1. The zero-order valence-electron chi connectivity index (χ0n) is 24.1. The number of hydrogen-bond acceptors (Lipinski definition) is 7. The van der Waals surface area contributed by atoms with Crippen molar-refractivity contribution in [1.29, 1.82) is 0 Å². The van der Waals surface area contributed by atoms with Gasteiger partial charge in [0.25, 0.3) is 0 Å². The molecule has 210 valence electrons. The Morgan fingerprint density at radius 3 is 2.00 bits per heavy atom. The van der Waals surface area contributed by atoms with Crippen LogP contribution < -0.4 is 19.1 Å². The van der Waals surface area contributed by atoms with E-state index in [4.69, 9.17) is 14.2 Å². The van der Waals surface area contributed by atoms with Crippen LogP contribution in [0.2, 0.25) is 0 Å². The van der Waals surface area contributed by atoms with E-state index in [9.17, 15) is 14.4 Å². The van der Waals surface area contributed by atoms with Crippen LogP contribution in [0.25, 0.3) is 6.08 Å². The van der Waals surface area contributed by atoms with Gasteiger partial charge in [0.15, 0.2) is 28.8 Å². The number of para-hydroxylation sites is 1. The number of methoxy groups -OCH3 is 3. The monoisotopic (exact) mass is 551 g/mol. The third-order valence-electron chi connectivity index (χ3n) is 8.79. The van der Waals surface area contributed by atoms with Gasteiger partial charge < -0.3 is 19.1 Å². The Labute approximate surface area is 239 Å². The minimum Gasteiger partial charge on any atom is -0.493 e. The molecule has 3 aliphatic rings. The molecule has 41 heavy (non-hydrogen) atoms. The molecule has 2 heterocycles. The molecule has 0 unspecified atom stereocenters. The highest BCUT2D eigenvalue weighted by Crippen LogP contribution is 2.63. The van der Waals surface area contributed by atoms with Crippen LogP contribution in [0.3, 0.4) is 0 Å². The van der Waals surface area contributed by atoms with E-state index in [1.54, 1.807) is 36.4 Å². The number of anilines is 1. The standard InChI is InChI=1S/C34H33NO6/c1-33(2,3)32(38)27-26(22-16-17-24(39-4)29(41-6)28(22)40-5)34(30(36)20-12-8-9-13-21(20)31(34)37)25-18-15-19-11-7-10-14-23(19)35(25)27/h7-18,25-27H,1-6H3/t25-,26+,27+/m1/s1. The molecule has 0 radical (unpaired) electrons. The van der Waals surface area contributed by atoms with Gasteiger partial charge in [0, 0.05) is 33.7 Å². The minimum absolute atomic E-state index is 0.0807. The van der Waals surface area contributed by atoms with Crippen molar-refractivity contribution in [1.82, 2.24) is 0 Å². The molecule has 7 heteroatoms. The van der Waals surface area contributed by atoms with Crippen molar-refractivity contribution in [3.8, 4) is 17.2 Å². The largest absolute Gasteiger partial charge is 0.493 e. The molecule has 3 atom stereocenters. The fourth-order valence-corrected chi connectivity index (χ4v) is 7.07. The number of rotatable bonds is 5. The highest BCUT2D eigenvalue weighted by Gasteiger charge is 2.72. The number of hydrogen-bond donors (Lipinski definition) is 0. The maximum absolute atomic E-state index is 14.8. The van der Waals surface area contributed by atoms with Crippen LogP contribution in [0.5, 0.6) is 17.2 Å². The van der Waals surface area contributed by atoms with Gasteiger partial charge in [0.05, 0.1) is 33.4 Å². The van der Waals surface area contributed by atoms with E-state index in [2.05, 4.69) is 0 Å². The summed E-state index contributed by atoms with van der Waals surface area (Å²) in [6, 6.07) is 16.7. The molecule has 1 spiro atoms. The highest BCUT2D eigenvalue weighted by molar-refractivity contribution is 6.32. The zero-order chi connectivity index (χ0) is 29.3. The average molecular weight is 552 g/mol. The van der Waals surface area contributed by atoms with Gasteiger partial charge in [-0.1, -0.05) is 81.5 Å². The number of carbonyl (C=O) groups is 3. The first-order valence-electron chi connectivity index (χ1n) is 13.7. The van der Waals surface area contributed by atoms with Gasteiger partial charge in [-0.05, 0) is 17.7 Å². The molecule has 0 aromatic heterocycles. The SMILES string of the molecule is COc1ccc([C@H]2[C@@H](C(=O)C(C)(C)C)N3c4ccccc4C=C[C@@H]3C23C(=O)c2ccccc2C3=O)c(OC)c1OC. The average Bonchev–Trinajstić information content (AvgIpc) is 3.41. The number of nitrogens with zero attached hydrogens (tertiary/aromatic N) is 1. The van der Waals surface area contributed by atoms with Crippen LogP contribution in [-0.2, 0) is 4.79 Å². The first-order chi connectivity index (χ1) is 19.6. The van der Waals surface area contributed by atoms with Crippen LogP contribution in [-0.4, -0.2) is 50.8 Å². The summed E-state index contributed by atoms with van der Waals surface area (Å²) in [6.07, 6.45) is 3.87. The number of Topliss-reactive ketones (excluding diaryl/α,β-unsaturated/α-hetero) is 3. The second-order valence-electron chi connectivity index (χ2n) is 11.8. The number of benzene rings is 3. The molecule has 1 saturated heterocycles. The molecular weight excluding hydrogens is 518 g/mol. The molecule has 0 bridgehead atoms. The maximum Gasteiger partial charge on any atom is 0.203 e. The molecule has 0 saturated carbocycles. The number of ether oxygens (including phenoxy) is 3. The first kappa shape index (κ1) is 26.8. The van der Waals surface area contributed by atoms with Crippen molar-refractivity contribution in [2.45, 2.75) is 38.8 Å². The summed E-state index contributed by atoms with van der Waals surface area (Å²) >= 11 is 0. The fraction of sp³-hybridized carbons (Fsp3) is 0.324. The molecule has 7 nitrogen and oxygen atoms in total. The van der Waals surface area contributed by atoms with Crippen molar-refractivity contribution in [3.63, 3.8) is 0 Å². The van der Waals surface area contributed by atoms with Gasteiger partial charge in [-0.15, -0.1) is 0 Å². The van der Waals surface area contributed by atoms with Crippen LogP contribution in [0, 0.1) is 10.8 Å². The lowest BCUT2D eigenvalue weighted by atomic mass is 9.63. The van der Waals surface area contributed by atoms with Crippen molar-refractivity contribution in [2.75, 3.05) is 26.2 Å². The van der Waals surface area contributed by atoms with Crippen LogP contribution >= 0.6 is 0 Å². The van der Waals surface area contributed by atoms with Gasteiger partial charge in [0.2, 0.25) is 5.75 Å². The van der Waals surface area contributed by atoms with E-state index in [1.165, 1.54) is 21.3 Å². The fourth-order valence-electron chi connectivity index (χ4n) is 7.07. The van der Waals surface area contributed by atoms with E-state index in [0.717, 1.165) is 11.3 Å². The Hall–Kier alpha value is -4.39. The Kier molecular flexibility index (Phi) is 6.10. The molecule has 3 aromatic rings. The van der Waals surface area contributed by atoms with Crippen LogP contribution in [0.1, 0.15) is 58.5 Å². The summed E-state index contributed by atoms with van der Waals surface area (Å²) < 4.78 is 17.2. The molecule has 6 rings (SSSR count). The van der Waals surface area contributed by atoms with Crippen LogP contribution in [0.4, 0.5) is 5.69 Å². The summed E-state index contributed by atoms with van der Waals surface area (Å²) in [5.74, 6) is -0.446. The van der Waals surface area contributed by atoms with E-state index in [1.807, 2.05) is 62.1 Å². The lowest BCUT2D eigenvalue weighted by Crippen LogP contribution is -2.49. The first-order valence-corrected chi connectivity index (χ1v) is 13.7. The van der Waals surface area contributed by atoms with Gasteiger partial charge in [-0.3, -0.25) is 14.4 Å². The summed E-state index contributed by atoms with van der Waals surface area (Å²) in [4.78, 5) is 46.2. The lowest BCUT2D eigenvalue weighted by Gasteiger charge is -2.38. The smallest absolute Gasteiger partial charge is 0.203 e. The Bertz CT molecular complexity index is 1600. The summed E-state index contributed by atoms with van der Waals surface area (Å²) in [5.41, 5.74) is 0.614. The second-order valence-corrected chi connectivity index (χ2v) is 11.8. The minimum atomic E-state index is -1.62. The van der Waals surface area contributed by atoms with Gasteiger partial charge >= 0.3 is 0 Å². The highest BCUT2D eigenvalue weighted by atomic mass is 16.5. The maximum atomic E-state index is 14.8. The van der Waals surface area contributed by atoms with Crippen molar-refractivity contribution < 1.29 is 28.6 Å². The van der Waals surface area contributed by atoms with Crippen LogP contribution in [0.15, 0.2) is 66.7 Å². The Balaban J connectivity index is 1.74. The summed E-state index contributed by atoms with van der Waals surface area (Å²) in [6.45, 7) is 5.62. The number of ketones is 3. The predicted molar refractivity (Wildman–Crippen MR) is 156 cm³/mol. The summed E-state index contributed by atoms with van der Waals surface area (Å²) in [7, 11) is 4.55. The van der Waals surface area contributed by atoms with E-state index < -0.39 is 28.8 Å². The number of carbonyl (C=O) groups excluding carboxylic acids is 3. The molecule has 0 amide bonds. The quantitative estimate of drug-likeness (QED) is 0.373. The third kappa shape index (κ3) is 3.47. The van der Waals surface area contributed by atoms with Crippen molar-refractivity contribution in [2.24, 2.45) is 10.8 Å². The van der Waals surface area contributed by atoms with E-state index in [0.29, 0.717) is 33.9 Å². The van der Waals surface area contributed by atoms with E-state index >= 15 is 0 Å². The molecule has 3 aromatic carbocycles. The Morgan fingerprint density at radius 1 is 0.805 bits per heavy atom. The van der Waals surface area contributed by atoms with Gasteiger partial charge in [-0.25, -0.2) is 0 Å². The van der Waals surface area contributed by atoms with Gasteiger partial charge in [0.1, 0.15) is 5.41 Å². The topological polar surface area (TPSA) is 82.1 Å². The molecule has 2 aliphatic heterocycles. The molecule has 1 aliphatic carbocycles. The molecule has 1 fully saturated rings. The summed E-state index contributed by atoms with van der Waals surface area (Å²) in [5, 5.41) is 0.